The molecule has 0 spiro atoms. The van der Waals surface area contributed by atoms with E-state index in [9.17, 15) is 8.42 Å². The monoisotopic (exact) mass is 431 g/mol. The Labute approximate surface area is 180 Å². The van der Waals surface area contributed by atoms with Crippen LogP contribution < -0.4 is 15.4 Å². The fourth-order valence-corrected chi connectivity index (χ4v) is 3.61. The van der Waals surface area contributed by atoms with Gasteiger partial charge in [-0.15, -0.1) is 0 Å². The minimum absolute atomic E-state index is 0.0524. The average molecular weight is 432 g/mol. The van der Waals surface area contributed by atoms with Gasteiger partial charge in [-0.05, 0) is 44.9 Å². The first-order chi connectivity index (χ1) is 14.1. The number of hydrogen-bond donors (Lipinski definition) is 2. The summed E-state index contributed by atoms with van der Waals surface area (Å²) >= 11 is 0. The van der Waals surface area contributed by atoms with Crippen molar-refractivity contribution in [2.24, 2.45) is 4.99 Å². The Bertz CT molecular complexity index is 946. The molecule has 6 nitrogen and oxygen atoms in total. The molecule has 2 rings (SSSR count). The summed E-state index contributed by atoms with van der Waals surface area (Å²) < 4.78 is 28.9. The van der Waals surface area contributed by atoms with Crippen LogP contribution in [-0.4, -0.2) is 32.8 Å². The van der Waals surface area contributed by atoms with E-state index in [1.165, 1.54) is 6.26 Å². The smallest absolute Gasteiger partial charge is 0.191 e. The highest BCUT2D eigenvalue weighted by Gasteiger charge is 2.14. The Balaban J connectivity index is 2.03. The SMILES string of the molecule is CCNC(=NCc1ccc(CS(C)(=O)=O)cc1)NCc1ccccc1OC(C)(C)C. The highest BCUT2D eigenvalue weighted by molar-refractivity contribution is 7.89. The molecule has 0 fully saturated rings. The molecule has 30 heavy (non-hydrogen) atoms. The van der Waals surface area contributed by atoms with Crippen LogP contribution in [0.1, 0.15) is 44.4 Å². The van der Waals surface area contributed by atoms with Gasteiger partial charge in [-0.25, -0.2) is 13.4 Å². The van der Waals surface area contributed by atoms with Gasteiger partial charge in [0.15, 0.2) is 15.8 Å². The van der Waals surface area contributed by atoms with Crippen molar-refractivity contribution in [3.05, 3.63) is 65.2 Å². The molecule has 0 saturated carbocycles. The zero-order valence-electron chi connectivity index (χ0n) is 18.5. The number of nitrogens with one attached hydrogen (secondary N) is 2. The maximum Gasteiger partial charge on any atom is 0.191 e. The largest absolute Gasteiger partial charge is 0.488 e. The van der Waals surface area contributed by atoms with Crippen molar-refractivity contribution < 1.29 is 13.2 Å². The molecule has 0 amide bonds. The second-order valence-corrected chi connectivity index (χ2v) is 10.4. The van der Waals surface area contributed by atoms with E-state index >= 15 is 0 Å². The first-order valence-electron chi connectivity index (χ1n) is 10.1. The Morgan fingerprint density at radius 3 is 2.23 bits per heavy atom. The molecule has 2 aromatic rings. The van der Waals surface area contributed by atoms with E-state index in [1.54, 1.807) is 0 Å². The summed E-state index contributed by atoms with van der Waals surface area (Å²) in [5.74, 6) is 1.62. The number of sulfone groups is 1. The van der Waals surface area contributed by atoms with Gasteiger partial charge in [0.1, 0.15) is 11.4 Å². The molecule has 0 aliphatic heterocycles. The normalized spacial score (nSPS) is 12.5. The quantitative estimate of drug-likeness (QED) is 0.492. The molecule has 2 N–H and O–H groups in total. The molecule has 0 aliphatic rings. The van der Waals surface area contributed by atoms with E-state index in [2.05, 4.69) is 15.6 Å². The molecule has 0 aliphatic carbocycles. The summed E-state index contributed by atoms with van der Waals surface area (Å²) in [5, 5.41) is 6.61. The van der Waals surface area contributed by atoms with Gasteiger partial charge in [-0.1, -0.05) is 42.5 Å². The fraction of sp³-hybridized carbons (Fsp3) is 0.435. The van der Waals surface area contributed by atoms with Gasteiger partial charge in [0.2, 0.25) is 0 Å². The van der Waals surface area contributed by atoms with Crippen molar-refractivity contribution in [1.82, 2.24) is 10.6 Å². The van der Waals surface area contributed by atoms with Crippen LogP contribution in [0, 0.1) is 0 Å². The summed E-state index contributed by atoms with van der Waals surface area (Å²) in [5.41, 5.74) is 2.59. The lowest BCUT2D eigenvalue weighted by Crippen LogP contribution is -2.37. The third kappa shape index (κ3) is 8.86. The van der Waals surface area contributed by atoms with Crippen LogP contribution in [0.5, 0.6) is 5.75 Å². The predicted octanol–water partition coefficient (Wildman–Crippen LogP) is 3.66. The van der Waals surface area contributed by atoms with Gasteiger partial charge < -0.3 is 15.4 Å². The molecular formula is C23H33N3O3S. The fourth-order valence-electron chi connectivity index (χ4n) is 2.81. The Kier molecular flexibility index (Phi) is 8.29. The highest BCUT2D eigenvalue weighted by atomic mass is 32.2. The van der Waals surface area contributed by atoms with Crippen molar-refractivity contribution in [3.8, 4) is 5.75 Å². The number of nitrogens with zero attached hydrogens (tertiary/aromatic N) is 1. The number of rotatable bonds is 8. The third-order valence-electron chi connectivity index (χ3n) is 4.05. The number of hydrogen-bond acceptors (Lipinski definition) is 4. The molecule has 2 aromatic carbocycles. The Morgan fingerprint density at radius 1 is 1.00 bits per heavy atom. The first kappa shape index (κ1) is 23.7. The van der Waals surface area contributed by atoms with Crippen LogP contribution in [0.4, 0.5) is 0 Å². The lowest BCUT2D eigenvalue weighted by molar-refractivity contribution is 0.129. The molecule has 0 saturated heterocycles. The highest BCUT2D eigenvalue weighted by Crippen LogP contribution is 2.22. The molecule has 0 unspecified atom stereocenters. The summed E-state index contributed by atoms with van der Waals surface area (Å²) in [6.45, 7) is 9.95. The lowest BCUT2D eigenvalue weighted by Gasteiger charge is -2.23. The van der Waals surface area contributed by atoms with Gasteiger partial charge >= 0.3 is 0 Å². The van der Waals surface area contributed by atoms with Gasteiger partial charge in [0.25, 0.3) is 0 Å². The second kappa shape index (κ2) is 10.5. The van der Waals surface area contributed by atoms with Crippen LogP contribution >= 0.6 is 0 Å². The number of ether oxygens (including phenoxy) is 1. The third-order valence-corrected chi connectivity index (χ3v) is 4.91. The molecule has 0 heterocycles. The minimum Gasteiger partial charge on any atom is -0.488 e. The van der Waals surface area contributed by atoms with Crippen molar-refractivity contribution in [2.45, 2.75) is 52.1 Å². The van der Waals surface area contributed by atoms with Crippen molar-refractivity contribution in [2.75, 3.05) is 12.8 Å². The van der Waals surface area contributed by atoms with Crippen LogP contribution in [0.15, 0.2) is 53.5 Å². The van der Waals surface area contributed by atoms with E-state index < -0.39 is 9.84 Å². The molecule has 0 radical (unpaired) electrons. The van der Waals surface area contributed by atoms with Crippen LogP contribution in [0.2, 0.25) is 0 Å². The molecule has 0 bridgehead atoms. The number of guanidine groups is 1. The maximum absolute atomic E-state index is 11.4. The average Bonchev–Trinajstić information content (AvgIpc) is 2.64. The zero-order valence-corrected chi connectivity index (χ0v) is 19.3. The minimum atomic E-state index is -3.03. The number of benzene rings is 2. The molecule has 0 atom stereocenters. The van der Waals surface area contributed by atoms with Gasteiger partial charge in [-0.3, -0.25) is 0 Å². The molecular weight excluding hydrogens is 398 g/mol. The maximum atomic E-state index is 11.4. The number of para-hydroxylation sites is 1. The van der Waals surface area contributed by atoms with E-state index in [4.69, 9.17) is 4.74 Å². The van der Waals surface area contributed by atoms with Gasteiger partial charge in [0.05, 0.1) is 12.3 Å². The van der Waals surface area contributed by atoms with Gasteiger partial charge in [0, 0.05) is 24.9 Å². The summed E-state index contributed by atoms with van der Waals surface area (Å²) in [6.07, 6.45) is 1.24. The standard InChI is InChI=1S/C23H33N3O3S/c1-6-24-22(25-15-18-11-13-19(14-12-18)17-30(5,27)28)26-16-20-9-7-8-10-21(20)29-23(2,3)4/h7-14H,6,15-17H2,1-5H3,(H2,24,25,26). The Hall–Kier alpha value is -2.54. The summed E-state index contributed by atoms with van der Waals surface area (Å²) in [4.78, 5) is 4.64. The van der Waals surface area contributed by atoms with E-state index in [0.29, 0.717) is 19.0 Å². The first-order valence-corrected chi connectivity index (χ1v) is 12.2. The molecule has 7 heteroatoms. The van der Waals surface area contributed by atoms with Crippen molar-refractivity contribution >= 4 is 15.8 Å². The second-order valence-electron chi connectivity index (χ2n) is 8.26. The molecule has 0 aromatic heterocycles. The topological polar surface area (TPSA) is 79.8 Å². The van der Waals surface area contributed by atoms with E-state index in [0.717, 1.165) is 29.0 Å². The Morgan fingerprint density at radius 2 is 1.63 bits per heavy atom. The van der Waals surface area contributed by atoms with E-state index in [1.807, 2.05) is 76.2 Å². The zero-order chi connectivity index (χ0) is 22.2. The predicted molar refractivity (Wildman–Crippen MR) is 123 cm³/mol. The van der Waals surface area contributed by atoms with Gasteiger partial charge in [-0.2, -0.15) is 0 Å². The number of aliphatic imine (C=N–C) groups is 1. The summed E-state index contributed by atoms with van der Waals surface area (Å²) in [7, 11) is -3.03. The lowest BCUT2D eigenvalue weighted by atomic mass is 10.1. The van der Waals surface area contributed by atoms with E-state index in [-0.39, 0.29) is 11.4 Å². The molecule has 164 valence electrons. The van der Waals surface area contributed by atoms with Crippen molar-refractivity contribution in [3.63, 3.8) is 0 Å². The van der Waals surface area contributed by atoms with Crippen LogP contribution in [0.3, 0.4) is 0 Å². The van der Waals surface area contributed by atoms with Crippen LogP contribution in [0.25, 0.3) is 0 Å². The summed E-state index contributed by atoms with van der Waals surface area (Å²) in [6, 6.07) is 15.5. The van der Waals surface area contributed by atoms with Crippen LogP contribution in [-0.2, 0) is 28.7 Å². The van der Waals surface area contributed by atoms with Crippen molar-refractivity contribution in [1.29, 1.82) is 0 Å².